The molecule has 13 heteroatoms. The summed E-state index contributed by atoms with van der Waals surface area (Å²) in [5.74, 6) is -2.16. The van der Waals surface area contributed by atoms with Gasteiger partial charge in [-0.3, -0.25) is 9.69 Å². The van der Waals surface area contributed by atoms with Crippen molar-refractivity contribution in [3.63, 3.8) is 0 Å². The van der Waals surface area contributed by atoms with E-state index in [1.165, 1.54) is 0 Å². The highest BCUT2D eigenvalue weighted by Gasteiger charge is 2.36. The van der Waals surface area contributed by atoms with E-state index in [9.17, 15) is 31.1 Å². The molecule has 32 heavy (non-hydrogen) atoms. The zero-order valence-corrected chi connectivity index (χ0v) is 17.1. The van der Waals surface area contributed by atoms with E-state index < -0.39 is 40.7 Å². The lowest BCUT2D eigenvalue weighted by atomic mass is 10.1. The van der Waals surface area contributed by atoms with Crippen molar-refractivity contribution in [2.75, 3.05) is 32.8 Å². The topological polar surface area (TPSA) is 67.4 Å². The number of rotatable bonds is 5. The molecule has 1 aliphatic heterocycles. The molecule has 1 aromatic heterocycles. The minimum Gasteiger partial charge on any atom is -0.379 e. The molecule has 0 saturated carbocycles. The number of halogens is 7. The van der Waals surface area contributed by atoms with Crippen LogP contribution in [0.2, 0.25) is 5.02 Å². The van der Waals surface area contributed by atoms with Gasteiger partial charge in [-0.1, -0.05) is 17.7 Å². The average molecular weight is 483 g/mol. The van der Waals surface area contributed by atoms with Crippen LogP contribution < -0.4 is 5.32 Å². The Hall–Kier alpha value is -2.44. The van der Waals surface area contributed by atoms with Gasteiger partial charge in [0.15, 0.2) is 0 Å². The molecule has 1 aliphatic rings. The Bertz CT molecular complexity index is 946. The van der Waals surface area contributed by atoms with Gasteiger partial charge < -0.3 is 10.1 Å². The van der Waals surface area contributed by atoms with E-state index >= 15 is 0 Å². The van der Waals surface area contributed by atoms with Gasteiger partial charge in [-0.15, -0.1) is 0 Å². The normalized spacial score (nSPS) is 16.6. The molecule has 3 rings (SSSR count). The third kappa shape index (κ3) is 5.67. The van der Waals surface area contributed by atoms with Gasteiger partial charge in [0.05, 0.1) is 35.4 Å². The lowest BCUT2D eigenvalue weighted by Crippen LogP contribution is -2.44. The second-order valence-electron chi connectivity index (χ2n) is 6.88. The van der Waals surface area contributed by atoms with Crippen LogP contribution in [0.1, 0.15) is 33.4 Å². The Morgan fingerprint density at radius 3 is 2.28 bits per heavy atom. The lowest BCUT2D eigenvalue weighted by Gasteiger charge is -2.34. The molecule has 174 valence electrons. The first-order valence-corrected chi connectivity index (χ1v) is 9.71. The van der Waals surface area contributed by atoms with Gasteiger partial charge in [0, 0.05) is 37.6 Å². The monoisotopic (exact) mass is 482 g/mol. The fourth-order valence-electron chi connectivity index (χ4n) is 3.21. The van der Waals surface area contributed by atoms with E-state index in [2.05, 4.69) is 15.3 Å². The Morgan fingerprint density at radius 2 is 1.72 bits per heavy atom. The quantitative estimate of drug-likeness (QED) is 0.653. The maximum absolute atomic E-state index is 13.1. The second kappa shape index (κ2) is 9.59. The van der Waals surface area contributed by atoms with Crippen LogP contribution in [0.15, 0.2) is 30.6 Å². The number of carbonyl (C=O) groups excluding carboxylic acids is 1. The van der Waals surface area contributed by atoms with Crippen molar-refractivity contribution in [3.05, 3.63) is 58.1 Å². The molecule has 2 heterocycles. The summed E-state index contributed by atoms with van der Waals surface area (Å²) in [6, 6.07) is 2.34. The van der Waals surface area contributed by atoms with Crippen LogP contribution in [0.5, 0.6) is 0 Å². The lowest BCUT2D eigenvalue weighted by molar-refractivity contribution is -0.145. The number of aromatic nitrogens is 2. The summed E-state index contributed by atoms with van der Waals surface area (Å²) in [4.78, 5) is 21.1. The molecule has 0 bridgehead atoms. The van der Waals surface area contributed by atoms with Crippen LogP contribution >= 0.6 is 11.6 Å². The fourth-order valence-corrected chi connectivity index (χ4v) is 3.53. The summed E-state index contributed by atoms with van der Waals surface area (Å²) in [5, 5.41) is 1.77. The fraction of sp³-hybridized carbons (Fsp3) is 0.421. The molecule has 1 amide bonds. The number of hydrogen-bond donors (Lipinski definition) is 1. The maximum Gasteiger partial charge on any atom is 0.451 e. The largest absolute Gasteiger partial charge is 0.451 e. The Kier molecular flexibility index (Phi) is 7.25. The zero-order valence-electron chi connectivity index (χ0n) is 16.3. The van der Waals surface area contributed by atoms with Gasteiger partial charge in [0.2, 0.25) is 5.82 Å². The molecule has 0 radical (unpaired) electrons. The van der Waals surface area contributed by atoms with E-state index in [1.54, 1.807) is 0 Å². The minimum atomic E-state index is -4.73. The predicted molar refractivity (Wildman–Crippen MR) is 101 cm³/mol. The van der Waals surface area contributed by atoms with Crippen LogP contribution in [-0.4, -0.2) is 53.6 Å². The standard InChI is InChI=1S/C19H17ClF6N4O2/c20-15-12(2-1-3-13(15)18(21,22)23)16(31)27-10-14(30-4-6-32-7-5-30)11-8-28-17(29-9-11)19(24,25)26/h1-3,8-9,14H,4-7,10H2,(H,27,31). The van der Waals surface area contributed by atoms with E-state index in [1.807, 2.05) is 4.90 Å². The zero-order chi connectivity index (χ0) is 23.5. The smallest absolute Gasteiger partial charge is 0.379 e. The van der Waals surface area contributed by atoms with E-state index in [-0.39, 0.29) is 12.1 Å². The Balaban J connectivity index is 1.81. The highest BCUT2D eigenvalue weighted by molar-refractivity contribution is 6.34. The van der Waals surface area contributed by atoms with Gasteiger partial charge in [0.1, 0.15) is 0 Å². The first kappa shape index (κ1) is 24.2. The van der Waals surface area contributed by atoms with Crippen LogP contribution in [0.4, 0.5) is 26.3 Å². The summed E-state index contributed by atoms with van der Waals surface area (Å²) in [5.41, 5.74) is -1.21. The molecular formula is C19H17ClF6N4O2. The third-order valence-electron chi connectivity index (χ3n) is 4.80. The van der Waals surface area contributed by atoms with Crippen molar-refractivity contribution in [2.45, 2.75) is 18.4 Å². The third-order valence-corrected chi connectivity index (χ3v) is 5.21. The molecule has 0 aliphatic carbocycles. The highest BCUT2D eigenvalue weighted by Crippen LogP contribution is 2.36. The predicted octanol–water partition coefficient (Wildman–Crippen LogP) is 3.97. The second-order valence-corrected chi connectivity index (χ2v) is 7.25. The van der Waals surface area contributed by atoms with E-state index in [0.717, 1.165) is 30.6 Å². The van der Waals surface area contributed by atoms with Crippen molar-refractivity contribution < 1.29 is 35.9 Å². The molecule has 6 nitrogen and oxygen atoms in total. The van der Waals surface area contributed by atoms with E-state index in [4.69, 9.17) is 16.3 Å². The molecule has 1 fully saturated rings. The van der Waals surface area contributed by atoms with Crippen LogP contribution in [-0.2, 0) is 17.1 Å². The summed E-state index contributed by atoms with van der Waals surface area (Å²) >= 11 is 5.80. The van der Waals surface area contributed by atoms with Gasteiger partial charge in [-0.2, -0.15) is 26.3 Å². The number of carbonyl (C=O) groups is 1. The molecular weight excluding hydrogens is 466 g/mol. The molecule has 1 saturated heterocycles. The number of alkyl halides is 6. The number of ether oxygens (including phenoxy) is 1. The van der Waals surface area contributed by atoms with Gasteiger partial charge in [0.25, 0.3) is 5.91 Å². The molecule has 1 unspecified atom stereocenters. The van der Waals surface area contributed by atoms with Gasteiger partial charge in [-0.25, -0.2) is 9.97 Å². The molecule has 2 aromatic rings. The number of morpholine rings is 1. The molecule has 1 N–H and O–H groups in total. The van der Waals surface area contributed by atoms with Crippen molar-refractivity contribution >= 4 is 17.5 Å². The average Bonchev–Trinajstić information content (AvgIpc) is 2.73. The summed E-state index contributed by atoms with van der Waals surface area (Å²) in [7, 11) is 0. The highest BCUT2D eigenvalue weighted by atomic mass is 35.5. The summed E-state index contributed by atoms with van der Waals surface area (Å²) in [6.07, 6.45) is -7.42. The molecule has 0 spiro atoms. The van der Waals surface area contributed by atoms with Gasteiger partial charge >= 0.3 is 12.4 Å². The SMILES string of the molecule is O=C(NCC(c1cnc(C(F)(F)F)nc1)N1CCOCC1)c1cccc(C(F)(F)F)c1Cl. The van der Waals surface area contributed by atoms with Crippen molar-refractivity contribution in [3.8, 4) is 0 Å². The first-order valence-electron chi connectivity index (χ1n) is 9.33. The van der Waals surface area contributed by atoms with Crippen LogP contribution in [0.25, 0.3) is 0 Å². The first-order chi connectivity index (χ1) is 15.0. The van der Waals surface area contributed by atoms with Crippen molar-refractivity contribution in [1.29, 1.82) is 0 Å². The van der Waals surface area contributed by atoms with Crippen molar-refractivity contribution in [2.24, 2.45) is 0 Å². The number of nitrogens with one attached hydrogen (secondary N) is 1. The van der Waals surface area contributed by atoms with Gasteiger partial charge in [-0.05, 0) is 12.1 Å². The maximum atomic E-state index is 13.1. The summed E-state index contributed by atoms with van der Waals surface area (Å²) in [6.45, 7) is 1.45. The molecule has 1 atom stereocenters. The van der Waals surface area contributed by atoms with Crippen LogP contribution in [0, 0.1) is 0 Å². The minimum absolute atomic E-state index is 0.125. The number of benzene rings is 1. The molecule has 1 aromatic carbocycles. The number of amides is 1. The van der Waals surface area contributed by atoms with Crippen LogP contribution in [0.3, 0.4) is 0 Å². The van der Waals surface area contributed by atoms with Crippen molar-refractivity contribution in [1.82, 2.24) is 20.2 Å². The summed E-state index contributed by atoms with van der Waals surface area (Å²) < 4.78 is 82.8. The Labute approximate surface area is 183 Å². The number of nitrogens with zero attached hydrogens (tertiary/aromatic N) is 3. The van der Waals surface area contributed by atoms with E-state index in [0.29, 0.717) is 31.9 Å². The Morgan fingerprint density at radius 1 is 1.09 bits per heavy atom. The number of hydrogen-bond acceptors (Lipinski definition) is 5.